The summed E-state index contributed by atoms with van der Waals surface area (Å²) in [5.74, 6) is 0.454. The Morgan fingerprint density at radius 1 is 1.13 bits per heavy atom. The summed E-state index contributed by atoms with van der Waals surface area (Å²) >= 11 is 6.03. The minimum Gasteiger partial charge on any atom is -0.381 e. The van der Waals surface area contributed by atoms with Gasteiger partial charge in [-0.2, -0.15) is 0 Å². The van der Waals surface area contributed by atoms with Crippen molar-refractivity contribution in [1.82, 2.24) is 5.32 Å². The molecule has 1 aliphatic carbocycles. The highest BCUT2D eigenvalue weighted by atomic mass is 35.5. The van der Waals surface area contributed by atoms with Crippen molar-refractivity contribution in [2.75, 3.05) is 19.8 Å². The van der Waals surface area contributed by atoms with Crippen molar-refractivity contribution in [2.45, 2.75) is 50.4 Å². The summed E-state index contributed by atoms with van der Waals surface area (Å²) in [5, 5.41) is 4.00. The van der Waals surface area contributed by atoms with Crippen LogP contribution in [-0.4, -0.2) is 25.7 Å². The van der Waals surface area contributed by atoms with Crippen molar-refractivity contribution in [1.29, 1.82) is 0 Å². The molecule has 1 heterocycles. The Hall–Kier alpha value is -1.06. The molecule has 4 heteroatoms. The lowest BCUT2D eigenvalue weighted by molar-refractivity contribution is -0.126. The number of hydrogen-bond donors (Lipinski definition) is 1. The molecule has 1 aromatic carbocycles. The van der Waals surface area contributed by atoms with Crippen LogP contribution >= 0.6 is 11.6 Å². The Morgan fingerprint density at radius 3 is 2.43 bits per heavy atom. The molecule has 3 nitrogen and oxygen atoms in total. The third kappa shape index (κ3) is 4.07. The first kappa shape index (κ1) is 16.8. The fourth-order valence-electron chi connectivity index (χ4n) is 3.90. The molecule has 1 aromatic rings. The quantitative estimate of drug-likeness (QED) is 0.900. The number of benzene rings is 1. The van der Waals surface area contributed by atoms with E-state index in [4.69, 9.17) is 16.3 Å². The largest absolute Gasteiger partial charge is 0.381 e. The molecule has 1 saturated heterocycles. The Balaban J connectivity index is 1.69. The Kier molecular flexibility index (Phi) is 5.60. The van der Waals surface area contributed by atoms with Gasteiger partial charge < -0.3 is 10.1 Å². The fraction of sp³-hybridized carbons (Fsp3) is 0.632. The highest BCUT2D eigenvalue weighted by Gasteiger charge is 2.35. The Bertz CT molecular complexity index is 517. The van der Waals surface area contributed by atoms with Gasteiger partial charge in [0.05, 0.1) is 0 Å². The van der Waals surface area contributed by atoms with E-state index >= 15 is 0 Å². The average molecular weight is 336 g/mol. The fourth-order valence-corrected chi connectivity index (χ4v) is 4.02. The number of rotatable bonds is 4. The molecule has 23 heavy (non-hydrogen) atoms. The van der Waals surface area contributed by atoms with E-state index in [2.05, 4.69) is 17.4 Å². The zero-order valence-electron chi connectivity index (χ0n) is 13.7. The molecule has 3 rings (SSSR count). The van der Waals surface area contributed by atoms with Gasteiger partial charge in [-0.1, -0.05) is 43.0 Å². The van der Waals surface area contributed by atoms with Crippen molar-refractivity contribution in [2.24, 2.45) is 5.92 Å². The van der Waals surface area contributed by atoms with Gasteiger partial charge in [0, 0.05) is 36.1 Å². The van der Waals surface area contributed by atoms with E-state index in [1.54, 1.807) is 0 Å². The van der Waals surface area contributed by atoms with Gasteiger partial charge >= 0.3 is 0 Å². The molecular weight excluding hydrogens is 310 g/mol. The molecule has 1 saturated carbocycles. The summed E-state index contributed by atoms with van der Waals surface area (Å²) in [6.07, 6.45) is 7.63. The van der Waals surface area contributed by atoms with Crippen molar-refractivity contribution in [3.63, 3.8) is 0 Å². The van der Waals surface area contributed by atoms with Crippen molar-refractivity contribution in [3.05, 3.63) is 34.9 Å². The van der Waals surface area contributed by atoms with Crippen LogP contribution in [-0.2, 0) is 14.9 Å². The summed E-state index contributed by atoms with van der Waals surface area (Å²) in [7, 11) is 0. The monoisotopic (exact) mass is 335 g/mol. The van der Waals surface area contributed by atoms with E-state index in [-0.39, 0.29) is 17.2 Å². The first-order valence-corrected chi connectivity index (χ1v) is 9.19. The zero-order chi connectivity index (χ0) is 16.1. The maximum Gasteiger partial charge on any atom is 0.223 e. The van der Waals surface area contributed by atoms with Crippen LogP contribution in [0.2, 0.25) is 5.02 Å². The molecule has 1 N–H and O–H groups in total. The smallest absolute Gasteiger partial charge is 0.223 e. The molecule has 0 atom stereocenters. The molecule has 0 radical (unpaired) electrons. The molecule has 2 aliphatic rings. The van der Waals surface area contributed by atoms with Crippen LogP contribution in [0.15, 0.2) is 24.3 Å². The Labute approximate surface area is 143 Å². The maximum absolute atomic E-state index is 12.5. The number of halogens is 1. The molecule has 2 fully saturated rings. The highest BCUT2D eigenvalue weighted by Crippen LogP contribution is 2.35. The van der Waals surface area contributed by atoms with E-state index in [9.17, 15) is 4.79 Å². The second-order valence-corrected chi connectivity index (χ2v) is 7.39. The van der Waals surface area contributed by atoms with Crippen LogP contribution in [0.25, 0.3) is 0 Å². The van der Waals surface area contributed by atoms with Crippen molar-refractivity contribution < 1.29 is 9.53 Å². The summed E-state index contributed by atoms with van der Waals surface area (Å²) < 4.78 is 5.55. The topological polar surface area (TPSA) is 38.3 Å². The summed E-state index contributed by atoms with van der Waals surface area (Å²) in [4.78, 5) is 12.5. The van der Waals surface area contributed by atoms with Crippen molar-refractivity contribution >= 4 is 17.5 Å². The van der Waals surface area contributed by atoms with E-state index < -0.39 is 0 Å². The predicted molar refractivity (Wildman–Crippen MR) is 92.8 cm³/mol. The first-order chi connectivity index (χ1) is 11.2. The van der Waals surface area contributed by atoms with Gasteiger partial charge in [-0.15, -0.1) is 0 Å². The molecule has 1 aliphatic heterocycles. The molecular formula is C19H26ClNO2. The Morgan fingerprint density at radius 2 is 1.78 bits per heavy atom. The van der Waals surface area contributed by atoms with E-state index in [1.165, 1.54) is 24.8 Å². The lowest BCUT2D eigenvalue weighted by Gasteiger charge is -2.38. The van der Waals surface area contributed by atoms with Gasteiger partial charge in [0.25, 0.3) is 0 Å². The molecule has 0 spiro atoms. The van der Waals surface area contributed by atoms with E-state index in [0.29, 0.717) is 6.54 Å². The van der Waals surface area contributed by atoms with Gasteiger partial charge in [-0.25, -0.2) is 0 Å². The number of amides is 1. The van der Waals surface area contributed by atoms with Gasteiger partial charge in [0.1, 0.15) is 0 Å². The number of nitrogens with one attached hydrogen (secondary N) is 1. The van der Waals surface area contributed by atoms with Crippen LogP contribution < -0.4 is 5.32 Å². The molecule has 0 unspecified atom stereocenters. The zero-order valence-corrected chi connectivity index (χ0v) is 14.4. The second kappa shape index (κ2) is 7.67. The van der Waals surface area contributed by atoms with Crippen molar-refractivity contribution in [3.8, 4) is 0 Å². The lowest BCUT2D eigenvalue weighted by Crippen LogP contribution is -2.46. The normalized spacial score (nSPS) is 21.8. The number of carbonyl (C=O) groups excluding carboxylic acids is 1. The third-order valence-corrected chi connectivity index (χ3v) is 5.74. The minimum atomic E-state index is -0.0207. The van der Waals surface area contributed by atoms with Gasteiger partial charge in [-0.3, -0.25) is 4.79 Å². The molecule has 1 amide bonds. The summed E-state index contributed by atoms with van der Waals surface area (Å²) in [5.41, 5.74) is 1.24. The third-order valence-electron chi connectivity index (χ3n) is 5.48. The second-order valence-electron chi connectivity index (χ2n) is 6.95. The number of ether oxygens (including phenoxy) is 1. The molecule has 0 bridgehead atoms. The van der Waals surface area contributed by atoms with E-state index in [0.717, 1.165) is 43.9 Å². The highest BCUT2D eigenvalue weighted by molar-refractivity contribution is 6.30. The predicted octanol–water partition coefficient (Wildman–Crippen LogP) is 4.08. The van der Waals surface area contributed by atoms with E-state index in [1.807, 2.05) is 12.1 Å². The summed E-state index contributed by atoms with van der Waals surface area (Å²) in [6, 6.07) is 8.08. The average Bonchev–Trinajstić information content (AvgIpc) is 2.62. The van der Waals surface area contributed by atoms with Crippen LogP contribution in [0.1, 0.15) is 50.5 Å². The number of hydrogen-bond acceptors (Lipinski definition) is 2. The standard InChI is InChI=1S/C19H26ClNO2/c20-17-8-6-16(7-9-17)19(10-12-23-13-11-19)14-21-18(22)15-4-2-1-3-5-15/h6-9,15H,1-5,10-14H2,(H,21,22). The van der Waals surface area contributed by atoms with Crippen LogP contribution in [0.5, 0.6) is 0 Å². The van der Waals surface area contributed by atoms with Gasteiger partial charge in [-0.05, 0) is 43.4 Å². The van der Waals surface area contributed by atoms with Crippen LogP contribution in [0.3, 0.4) is 0 Å². The summed E-state index contributed by atoms with van der Waals surface area (Å²) in [6.45, 7) is 2.21. The minimum absolute atomic E-state index is 0.0207. The molecule has 126 valence electrons. The SMILES string of the molecule is O=C(NCC1(c2ccc(Cl)cc2)CCOCC1)C1CCCCC1. The first-order valence-electron chi connectivity index (χ1n) is 8.81. The van der Waals surface area contributed by atoms with Crippen LogP contribution in [0.4, 0.5) is 0 Å². The van der Waals surface area contributed by atoms with Gasteiger partial charge in [0.15, 0.2) is 0 Å². The maximum atomic E-state index is 12.5. The molecule has 0 aromatic heterocycles. The van der Waals surface area contributed by atoms with Crippen LogP contribution in [0, 0.1) is 5.92 Å². The lowest BCUT2D eigenvalue weighted by atomic mass is 9.74. The number of carbonyl (C=O) groups is 1. The van der Waals surface area contributed by atoms with Gasteiger partial charge in [0.2, 0.25) is 5.91 Å².